The van der Waals surface area contributed by atoms with Crippen LogP contribution in [0.15, 0.2) is 72.1 Å². The highest BCUT2D eigenvalue weighted by atomic mass is 32.2. The average Bonchev–Trinajstić information content (AvgIpc) is 3.11. The first-order valence-electron chi connectivity index (χ1n) is 8.18. The first-order chi connectivity index (χ1) is 12.2. The number of amides is 1. The van der Waals surface area contributed by atoms with Gasteiger partial charge in [-0.1, -0.05) is 60.3 Å². The Labute approximate surface area is 151 Å². The third kappa shape index (κ3) is 4.70. The van der Waals surface area contributed by atoms with E-state index in [1.54, 1.807) is 6.33 Å². The van der Waals surface area contributed by atoms with Crippen LogP contribution in [0.1, 0.15) is 12.5 Å². The number of carbonyl (C=O) groups excluding carboxylic acids is 1. The van der Waals surface area contributed by atoms with Gasteiger partial charge in [0.2, 0.25) is 5.91 Å². The van der Waals surface area contributed by atoms with Crippen LogP contribution in [0.4, 0.5) is 0 Å². The number of para-hydroxylation sites is 1. The Balaban J connectivity index is 1.55. The summed E-state index contributed by atoms with van der Waals surface area (Å²) < 4.78 is 1.89. The zero-order valence-corrected chi connectivity index (χ0v) is 14.8. The van der Waals surface area contributed by atoms with Gasteiger partial charge in [-0.05, 0) is 31.0 Å². The molecule has 0 spiro atoms. The van der Waals surface area contributed by atoms with Crippen molar-refractivity contribution >= 4 is 17.7 Å². The third-order valence-electron chi connectivity index (χ3n) is 3.76. The lowest BCUT2D eigenvalue weighted by Gasteiger charge is -2.12. The Morgan fingerprint density at radius 3 is 2.52 bits per heavy atom. The number of nitrogens with one attached hydrogen (secondary N) is 1. The highest BCUT2D eigenvalue weighted by Gasteiger charge is 2.18. The second kappa shape index (κ2) is 8.48. The summed E-state index contributed by atoms with van der Waals surface area (Å²) in [5.41, 5.74) is 2.19. The van der Waals surface area contributed by atoms with Crippen LogP contribution in [0.3, 0.4) is 0 Å². The summed E-state index contributed by atoms with van der Waals surface area (Å²) in [6.07, 6.45) is 2.49. The molecule has 128 valence electrons. The Kier molecular flexibility index (Phi) is 5.85. The minimum Gasteiger partial charge on any atom is -0.355 e. The molecule has 25 heavy (non-hydrogen) atoms. The molecule has 1 N–H and O–H groups in total. The molecule has 0 saturated heterocycles. The lowest BCUT2D eigenvalue weighted by Crippen LogP contribution is -2.32. The third-order valence-corrected chi connectivity index (χ3v) is 4.81. The molecule has 1 unspecified atom stereocenters. The molecule has 1 amide bonds. The largest absolute Gasteiger partial charge is 0.355 e. The first kappa shape index (κ1) is 17.2. The van der Waals surface area contributed by atoms with Gasteiger partial charge in [0, 0.05) is 12.2 Å². The fraction of sp³-hybridized carbons (Fsp3) is 0.211. The van der Waals surface area contributed by atoms with Gasteiger partial charge >= 0.3 is 0 Å². The van der Waals surface area contributed by atoms with E-state index in [-0.39, 0.29) is 11.2 Å². The zero-order chi connectivity index (χ0) is 17.5. The monoisotopic (exact) mass is 352 g/mol. The number of thioether (sulfide) groups is 1. The predicted octanol–water partition coefficient (Wildman–Crippen LogP) is 3.11. The minimum atomic E-state index is -0.248. The van der Waals surface area contributed by atoms with Gasteiger partial charge in [0.15, 0.2) is 5.16 Å². The molecule has 5 nitrogen and oxygen atoms in total. The highest BCUT2D eigenvalue weighted by molar-refractivity contribution is 8.00. The van der Waals surface area contributed by atoms with Gasteiger partial charge in [-0.2, -0.15) is 0 Å². The van der Waals surface area contributed by atoms with Crippen molar-refractivity contribution in [3.63, 3.8) is 0 Å². The van der Waals surface area contributed by atoms with Crippen LogP contribution in [0.2, 0.25) is 0 Å². The van der Waals surface area contributed by atoms with Crippen molar-refractivity contribution in [3.05, 3.63) is 72.6 Å². The summed E-state index contributed by atoms with van der Waals surface area (Å²) in [6, 6.07) is 20.0. The first-order valence-corrected chi connectivity index (χ1v) is 9.06. The normalized spacial score (nSPS) is 11.9. The Hall–Kier alpha value is -2.60. The van der Waals surface area contributed by atoms with E-state index >= 15 is 0 Å². The van der Waals surface area contributed by atoms with E-state index in [0.717, 1.165) is 12.1 Å². The molecular formula is C19H20N4OS. The van der Waals surface area contributed by atoms with E-state index in [4.69, 9.17) is 0 Å². The number of hydrogen-bond donors (Lipinski definition) is 1. The number of hydrogen-bond acceptors (Lipinski definition) is 4. The van der Waals surface area contributed by atoms with Gasteiger partial charge in [0.25, 0.3) is 0 Å². The van der Waals surface area contributed by atoms with Crippen molar-refractivity contribution < 1.29 is 4.79 Å². The molecule has 1 heterocycles. The number of nitrogens with zero attached hydrogens (tertiary/aromatic N) is 3. The van der Waals surface area contributed by atoms with Crippen molar-refractivity contribution in [2.24, 2.45) is 0 Å². The number of carbonyl (C=O) groups is 1. The highest BCUT2D eigenvalue weighted by Crippen LogP contribution is 2.23. The molecular weight excluding hydrogens is 332 g/mol. The molecule has 1 atom stereocenters. The number of aromatic nitrogens is 3. The maximum Gasteiger partial charge on any atom is 0.233 e. The molecule has 0 bridgehead atoms. The molecule has 0 saturated carbocycles. The minimum absolute atomic E-state index is 0.00328. The van der Waals surface area contributed by atoms with E-state index in [0.29, 0.717) is 11.7 Å². The fourth-order valence-electron chi connectivity index (χ4n) is 2.40. The van der Waals surface area contributed by atoms with Crippen molar-refractivity contribution in [3.8, 4) is 5.69 Å². The van der Waals surface area contributed by atoms with Crippen LogP contribution in [0, 0.1) is 0 Å². The van der Waals surface area contributed by atoms with Crippen LogP contribution in [-0.2, 0) is 11.2 Å². The van der Waals surface area contributed by atoms with Crippen molar-refractivity contribution in [1.29, 1.82) is 0 Å². The van der Waals surface area contributed by atoms with Gasteiger partial charge in [-0.3, -0.25) is 9.36 Å². The maximum absolute atomic E-state index is 12.3. The summed E-state index contributed by atoms with van der Waals surface area (Å²) in [5, 5.41) is 11.6. The van der Waals surface area contributed by atoms with Gasteiger partial charge < -0.3 is 5.32 Å². The molecule has 3 aromatic rings. The van der Waals surface area contributed by atoms with Crippen LogP contribution >= 0.6 is 11.8 Å². The summed E-state index contributed by atoms with van der Waals surface area (Å²) >= 11 is 1.40. The van der Waals surface area contributed by atoms with Crippen LogP contribution in [0.5, 0.6) is 0 Å². The second-order valence-electron chi connectivity index (χ2n) is 5.61. The fourth-order valence-corrected chi connectivity index (χ4v) is 3.27. The van der Waals surface area contributed by atoms with Gasteiger partial charge in [-0.15, -0.1) is 10.2 Å². The SMILES string of the molecule is CC(Sc1nncn1-c1ccccc1)C(=O)NCCc1ccccc1. The quantitative estimate of drug-likeness (QED) is 0.664. The molecule has 0 aliphatic rings. The topological polar surface area (TPSA) is 59.8 Å². The lowest BCUT2D eigenvalue weighted by molar-refractivity contribution is -0.120. The van der Waals surface area contributed by atoms with Crippen LogP contribution in [-0.4, -0.2) is 32.5 Å². The van der Waals surface area contributed by atoms with E-state index in [9.17, 15) is 4.79 Å². The lowest BCUT2D eigenvalue weighted by atomic mass is 10.1. The van der Waals surface area contributed by atoms with E-state index < -0.39 is 0 Å². The summed E-state index contributed by atoms with van der Waals surface area (Å²) in [6.45, 7) is 2.51. The number of benzene rings is 2. The Bertz CT molecular complexity index is 805. The van der Waals surface area contributed by atoms with E-state index in [1.807, 2.05) is 60.0 Å². The maximum atomic E-state index is 12.3. The zero-order valence-electron chi connectivity index (χ0n) is 14.0. The molecule has 2 aromatic carbocycles. The van der Waals surface area contributed by atoms with E-state index in [1.165, 1.54) is 17.3 Å². The number of rotatable bonds is 7. The molecule has 0 radical (unpaired) electrons. The second-order valence-corrected chi connectivity index (χ2v) is 6.91. The predicted molar refractivity (Wildman–Crippen MR) is 99.8 cm³/mol. The standard InChI is InChI=1S/C19H20N4OS/c1-15(18(24)20-13-12-16-8-4-2-5-9-16)25-19-22-21-14-23(19)17-10-6-3-7-11-17/h2-11,14-15H,12-13H2,1H3,(H,20,24). The van der Waals surface area contributed by atoms with Crippen LogP contribution < -0.4 is 5.32 Å². The Morgan fingerprint density at radius 1 is 1.12 bits per heavy atom. The summed E-state index contributed by atoms with van der Waals surface area (Å²) in [4.78, 5) is 12.3. The van der Waals surface area contributed by atoms with Gasteiger partial charge in [0.1, 0.15) is 6.33 Å². The van der Waals surface area contributed by atoms with Crippen molar-refractivity contribution in [2.75, 3.05) is 6.54 Å². The van der Waals surface area contributed by atoms with Gasteiger partial charge in [0.05, 0.1) is 5.25 Å². The molecule has 6 heteroatoms. The summed E-state index contributed by atoms with van der Waals surface area (Å²) in [7, 11) is 0. The van der Waals surface area contributed by atoms with Crippen molar-refractivity contribution in [1.82, 2.24) is 20.1 Å². The smallest absolute Gasteiger partial charge is 0.233 e. The molecule has 1 aromatic heterocycles. The summed E-state index contributed by atoms with van der Waals surface area (Å²) in [5.74, 6) is 0.00328. The molecule has 0 aliphatic heterocycles. The van der Waals surface area contributed by atoms with E-state index in [2.05, 4.69) is 27.6 Å². The Morgan fingerprint density at radius 2 is 1.80 bits per heavy atom. The molecule has 3 rings (SSSR count). The molecule has 0 aliphatic carbocycles. The average molecular weight is 352 g/mol. The molecule has 0 fully saturated rings. The van der Waals surface area contributed by atoms with Crippen LogP contribution in [0.25, 0.3) is 5.69 Å². The van der Waals surface area contributed by atoms with Gasteiger partial charge in [-0.25, -0.2) is 0 Å². The van der Waals surface area contributed by atoms with Crippen molar-refractivity contribution in [2.45, 2.75) is 23.8 Å².